The van der Waals surface area contributed by atoms with Crippen molar-refractivity contribution in [1.82, 2.24) is 4.90 Å². The lowest BCUT2D eigenvalue weighted by Gasteiger charge is -2.29. The molecule has 0 saturated heterocycles. The van der Waals surface area contributed by atoms with Crippen LogP contribution in [0.15, 0.2) is 30.3 Å². The van der Waals surface area contributed by atoms with Crippen LogP contribution in [-0.4, -0.2) is 35.5 Å². The molecule has 0 spiro atoms. The summed E-state index contributed by atoms with van der Waals surface area (Å²) in [5.41, 5.74) is 0.821. The number of hydrogen-bond acceptors (Lipinski definition) is 2. The number of aryl methyl sites for hydroxylation is 1. The van der Waals surface area contributed by atoms with Gasteiger partial charge in [-0.25, -0.2) is 0 Å². The number of carboxylic acids is 1. The molecule has 0 unspecified atom stereocenters. The second-order valence-electron chi connectivity index (χ2n) is 6.09. The fourth-order valence-electron chi connectivity index (χ4n) is 2.37. The molecule has 0 aromatic heterocycles. The summed E-state index contributed by atoms with van der Waals surface area (Å²) in [4.78, 5) is 24.4. The van der Waals surface area contributed by atoms with E-state index in [2.05, 4.69) is 12.1 Å². The quantitative estimate of drug-likeness (QED) is 0.801. The van der Waals surface area contributed by atoms with Crippen molar-refractivity contribution in [2.24, 2.45) is 5.41 Å². The number of carbonyl (C=O) groups is 2. The van der Waals surface area contributed by atoms with E-state index in [-0.39, 0.29) is 18.9 Å². The zero-order valence-electron chi connectivity index (χ0n) is 13.1. The minimum absolute atomic E-state index is 0.0109. The van der Waals surface area contributed by atoms with E-state index < -0.39 is 11.4 Å². The van der Waals surface area contributed by atoms with Gasteiger partial charge in [-0.1, -0.05) is 44.2 Å². The Hall–Kier alpha value is -1.84. The average Bonchev–Trinajstić information content (AvgIpc) is 2.44. The fraction of sp³-hybridized carbons (Fsp3) is 0.529. The van der Waals surface area contributed by atoms with Gasteiger partial charge in [-0.05, 0) is 24.8 Å². The molecule has 0 aliphatic heterocycles. The van der Waals surface area contributed by atoms with E-state index >= 15 is 0 Å². The van der Waals surface area contributed by atoms with Gasteiger partial charge in [-0.2, -0.15) is 0 Å². The van der Waals surface area contributed by atoms with Crippen LogP contribution in [0, 0.1) is 5.41 Å². The summed E-state index contributed by atoms with van der Waals surface area (Å²) in [7, 11) is 1.67. The first-order valence-electron chi connectivity index (χ1n) is 7.34. The lowest BCUT2D eigenvalue weighted by Crippen LogP contribution is -2.39. The molecular formula is C17H25NO3. The maximum absolute atomic E-state index is 12.4. The normalized spacial score (nSPS) is 11.2. The van der Waals surface area contributed by atoms with Crippen LogP contribution in [0.5, 0.6) is 0 Å². The van der Waals surface area contributed by atoms with E-state index in [9.17, 15) is 9.59 Å². The van der Waals surface area contributed by atoms with Crippen LogP contribution < -0.4 is 0 Å². The van der Waals surface area contributed by atoms with E-state index in [1.54, 1.807) is 7.05 Å². The number of carbonyl (C=O) groups excluding carboxylic acids is 1. The van der Waals surface area contributed by atoms with Crippen molar-refractivity contribution < 1.29 is 14.7 Å². The Labute approximate surface area is 126 Å². The van der Waals surface area contributed by atoms with Gasteiger partial charge in [0, 0.05) is 19.0 Å². The molecular weight excluding hydrogens is 266 g/mol. The Morgan fingerprint density at radius 3 is 2.38 bits per heavy atom. The van der Waals surface area contributed by atoms with Gasteiger partial charge < -0.3 is 10.0 Å². The van der Waals surface area contributed by atoms with Crippen LogP contribution in [0.25, 0.3) is 0 Å². The van der Waals surface area contributed by atoms with Crippen molar-refractivity contribution in [1.29, 1.82) is 0 Å². The number of benzene rings is 1. The summed E-state index contributed by atoms with van der Waals surface area (Å²) >= 11 is 0. The highest BCUT2D eigenvalue weighted by molar-refractivity contribution is 5.82. The Balaban J connectivity index is 2.44. The zero-order valence-corrected chi connectivity index (χ0v) is 13.1. The highest BCUT2D eigenvalue weighted by Gasteiger charge is 2.29. The molecule has 0 bridgehead atoms. The third-order valence-electron chi connectivity index (χ3n) is 3.70. The largest absolute Gasteiger partial charge is 0.481 e. The highest BCUT2D eigenvalue weighted by Crippen LogP contribution is 2.26. The maximum atomic E-state index is 12.4. The van der Waals surface area contributed by atoms with Crippen LogP contribution in [0.3, 0.4) is 0 Å². The minimum atomic E-state index is -0.878. The highest BCUT2D eigenvalue weighted by atomic mass is 16.4. The van der Waals surface area contributed by atoms with Gasteiger partial charge in [-0.3, -0.25) is 9.59 Å². The Morgan fingerprint density at radius 1 is 1.19 bits per heavy atom. The van der Waals surface area contributed by atoms with Crippen molar-refractivity contribution >= 4 is 11.9 Å². The first kappa shape index (κ1) is 17.2. The van der Waals surface area contributed by atoms with Gasteiger partial charge >= 0.3 is 5.97 Å². The van der Waals surface area contributed by atoms with Gasteiger partial charge in [0.15, 0.2) is 0 Å². The number of carboxylic acid groups (broad SMARTS) is 1. The molecule has 1 aromatic rings. The van der Waals surface area contributed by atoms with Gasteiger partial charge in [0.05, 0.1) is 6.42 Å². The molecule has 1 N–H and O–H groups in total. The van der Waals surface area contributed by atoms with Crippen molar-refractivity contribution in [2.45, 2.75) is 39.5 Å². The van der Waals surface area contributed by atoms with Crippen molar-refractivity contribution in [2.75, 3.05) is 13.6 Å². The molecule has 0 fully saturated rings. The topological polar surface area (TPSA) is 57.6 Å². The Morgan fingerprint density at radius 2 is 1.81 bits per heavy atom. The molecule has 0 atom stereocenters. The molecule has 21 heavy (non-hydrogen) atoms. The molecule has 0 heterocycles. The predicted molar refractivity (Wildman–Crippen MR) is 83.1 cm³/mol. The molecule has 4 nitrogen and oxygen atoms in total. The van der Waals surface area contributed by atoms with Gasteiger partial charge in [-0.15, -0.1) is 0 Å². The average molecular weight is 291 g/mol. The Bertz CT molecular complexity index is 468. The summed E-state index contributed by atoms with van der Waals surface area (Å²) < 4.78 is 0. The second-order valence-corrected chi connectivity index (χ2v) is 6.09. The standard InChI is InChI=1S/C17H25NO3/c1-17(2,16(21)18(3)13-11-15(19)20)12-7-10-14-8-5-4-6-9-14/h4-6,8-9H,7,10-13H2,1-3H3,(H,19,20). The van der Waals surface area contributed by atoms with Gasteiger partial charge in [0.1, 0.15) is 0 Å². The third-order valence-corrected chi connectivity index (χ3v) is 3.70. The number of nitrogens with zero attached hydrogens (tertiary/aromatic N) is 1. The van der Waals surface area contributed by atoms with E-state index in [1.165, 1.54) is 10.5 Å². The SMILES string of the molecule is CN(CCC(=O)O)C(=O)C(C)(C)CCCc1ccccc1. The third kappa shape index (κ3) is 5.98. The molecule has 116 valence electrons. The lowest BCUT2D eigenvalue weighted by molar-refractivity contribution is -0.141. The van der Waals surface area contributed by atoms with Crippen molar-refractivity contribution in [3.05, 3.63) is 35.9 Å². The smallest absolute Gasteiger partial charge is 0.305 e. The van der Waals surface area contributed by atoms with Gasteiger partial charge in [0.2, 0.25) is 5.91 Å². The van der Waals surface area contributed by atoms with Crippen LogP contribution in [0.4, 0.5) is 0 Å². The molecule has 1 amide bonds. The molecule has 0 saturated carbocycles. The molecule has 4 heteroatoms. The van der Waals surface area contributed by atoms with E-state index in [4.69, 9.17) is 5.11 Å². The van der Waals surface area contributed by atoms with Crippen molar-refractivity contribution in [3.63, 3.8) is 0 Å². The molecule has 0 radical (unpaired) electrons. The number of hydrogen-bond donors (Lipinski definition) is 1. The monoisotopic (exact) mass is 291 g/mol. The first-order chi connectivity index (χ1) is 9.83. The fourth-order valence-corrected chi connectivity index (χ4v) is 2.37. The summed E-state index contributed by atoms with van der Waals surface area (Å²) in [6.45, 7) is 4.12. The van der Waals surface area contributed by atoms with E-state index in [1.807, 2.05) is 32.0 Å². The van der Waals surface area contributed by atoms with Gasteiger partial charge in [0.25, 0.3) is 0 Å². The maximum Gasteiger partial charge on any atom is 0.305 e. The van der Waals surface area contributed by atoms with Crippen LogP contribution >= 0.6 is 0 Å². The number of rotatable bonds is 8. The zero-order chi connectivity index (χ0) is 15.9. The first-order valence-corrected chi connectivity index (χ1v) is 7.34. The molecule has 1 rings (SSSR count). The number of aliphatic carboxylic acids is 1. The van der Waals surface area contributed by atoms with E-state index in [0.29, 0.717) is 0 Å². The predicted octanol–water partition coefficient (Wildman–Crippen LogP) is 2.97. The van der Waals surface area contributed by atoms with Crippen LogP contribution in [0.2, 0.25) is 0 Å². The molecule has 0 aliphatic rings. The molecule has 0 aliphatic carbocycles. The molecule has 1 aromatic carbocycles. The number of amides is 1. The lowest BCUT2D eigenvalue weighted by atomic mass is 9.85. The van der Waals surface area contributed by atoms with Crippen LogP contribution in [0.1, 0.15) is 38.7 Å². The summed E-state index contributed by atoms with van der Waals surface area (Å²) in [6, 6.07) is 10.2. The second kappa shape index (κ2) is 7.81. The van der Waals surface area contributed by atoms with E-state index in [0.717, 1.165) is 19.3 Å². The summed E-state index contributed by atoms with van der Waals surface area (Å²) in [5.74, 6) is -0.867. The Kier molecular flexibility index (Phi) is 6.40. The summed E-state index contributed by atoms with van der Waals surface area (Å²) in [5, 5.41) is 8.68. The summed E-state index contributed by atoms with van der Waals surface area (Å²) in [6.07, 6.45) is 2.67. The van der Waals surface area contributed by atoms with Crippen molar-refractivity contribution in [3.8, 4) is 0 Å². The van der Waals surface area contributed by atoms with Crippen LogP contribution in [-0.2, 0) is 16.0 Å². The minimum Gasteiger partial charge on any atom is -0.481 e.